The molecule has 1 aromatic carbocycles. The molecule has 1 aromatic rings. The standard InChI is InChI=1S/C17H25NO3/c1-5-14(11-20-3)18-16(19)17(8-9-17)13-7-6-12(2)15(10-13)21-4/h6-7,10,14H,5,8-9,11H2,1-4H3,(H,18,19). The molecule has 4 nitrogen and oxygen atoms in total. The van der Waals surface area contributed by atoms with Gasteiger partial charge in [-0.25, -0.2) is 0 Å². The lowest BCUT2D eigenvalue weighted by atomic mass is 9.93. The van der Waals surface area contributed by atoms with Gasteiger partial charge in [0.25, 0.3) is 0 Å². The first-order chi connectivity index (χ1) is 10.1. The van der Waals surface area contributed by atoms with Crippen molar-refractivity contribution in [1.82, 2.24) is 5.32 Å². The normalized spacial score (nSPS) is 17.1. The van der Waals surface area contributed by atoms with Gasteiger partial charge < -0.3 is 14.8 Å². The summed E-state index contributed by atoms with van der Waals surface area (Å²) >= 11 is 0. The Labute approximate surface area is 126 Å². The molecule has 0 bridgehead atoms. The second kappa shape index (κ2) is 6.48. The molecule has 0 radical (unpaired) electrons. The van der Waals surface area contributed by atoms with Crippen LogP contribution in [0.25, 0.3) is 0 Å². The maximum absolute atomic E-state index is 12.6. The second-order valence-corrected chi connectivity index (χ2v) is 5.80. The van der Waals surface area contributed by atoms with Crippen LogP contribution in [-0.2, 0) is 14.9 Å². The van der Waals surface area contributed by atoms with E-state index >= 15 is 0 Å². The molecule has 1 aliphatic rings. The van der Waals surface area contributed by atoms with Gasteiger partial charge in [-0.05, 0) is 43.4 Å². The molecule has 1 amide bonds. The third kappa shape index (κ3) is 3.21. The van der Waals surface area contributed by atoms with Gasteiger partial charge in [0, 0.05) is 7.11 Å². The van der Waals surface area contributed by atoms with Crippen LogP contribution in [0.5, 0.6) is 5.75 Å². The zero-order chi connectivity index (χ0) is 15.5. The topological polar surface area (TPSA) is 47.6 Å². The second-order valence-electron chi connectivity index (χ2n) is 5.80. The smallest absolute Gasteiger partial charge is 0.230 e. The molecular weight excluding hydrogens is 266 g/mol. The predicted molar refractivity (Wildman–Crippen MR) is 82.7 cm³/mol. The van der Waals surface area contributed by atoms with Crippen LogP contribution in [0.15, 0.2) is 18.2 Å². The Balaban J connectivity index is 2.16. The fourth-order valence-electron chi connectivity index (χ4n) is 2.68. The van der Waals surface area contributed by atoms with Crippen molar-refractivity contribution in [2.75, 3.05) is 20.8 Å². The molecule has 0 aromatic heterocycles. The molecule has 0 saturated heterocycles. The van der Waals surface area contributed by atoms with E-state index in [1.807, 2.05) is 25.1 Å². The molecule has 1 saturated carbocycles. The lowest BCUT2D eigenvalue weighted by Crippen LogP contribution is -2.43. The molecule has 0 aliphatic heterocycles. The molecule has 2 rings (SSSR count). The lowest BCUT2D eigenvalue weighted by Gasteiger charge is -2.22. The predicted octanol–water partition coefficient (Wildman–Crippen LogP) is 2.58. The van der Waals surface area contributed by atoms with Gasteiger partial charge in [-0.3, -0.25) is 4.79 Å². The zero-order valence-corrected chi connectivity index (χ0v) is 13.4. The van der Waals surface area contributed by atoms with E-state index < -0.39 is 0 Å². The van der Waals surface area contributed by atoms with Crippen LogP contribution >= 0.6 is 0 Å². The molecule has 1 aliphatic carbocycles. The van der Waals surface area contributed by atoms with Crippen LogP contribution < -0.4 is 10.1 Å². The Morgan fingerprint density at radius 1 is 1.38 bits per heavy atom. The summed E-state index contributed by atoms with van der Waals surface area (Å²) in [5, 5.41) is 3.12. The lowest BCUT2D eigenvalue weighted by molar-refractivity contribution is -0.124. The monoisotopic (exact) mass is 291 g/mol. The largest absolute Gasteiger partial charge is 0.496 e. The number of amides is 1. The number of nitrogens with one attached hydrogen (secondary N) is 1. The first-order valence-corrected chi connectivity index (χ1v) is 7.52. The summed E-state index contributed by atoms with van der Waals surface area (Å²) in [6.07, 6.45) is 2.66. The Hall–Kier alpha value is -1.55. The van der Waals surface area contributed by atoms with Crippen molar-refractivity contribution in [3.8, 4) is 5.75 Å². The van der Waals surface area contributed by atoms with Crippen LogP contribution in [0.3, 0.4) is 0 Å². The van der Waals surface area contributed by atoms with Gasteiger partial charge in [-0.15, -0.1) is 0 Å². The maximum Gasteiger partial charge on any atom is 0.230 e. The summed E-state index contributed by atoms with van der Waals surface area (Å²) in [6, 6.07) is 6.14. The minimum atomic E-state index is -0.373. The molecule has 0 spiro atoms. The highest BCUT2D eigenvalue weighted by atomic mass is 16.5. The van der Waals surface area contributed by atoms with Crippen molar-refractivity contribution in [3.63, 3.8) is 0 Å². The maximum atomic E-state index is 12.6. The van der Waals surface area contributed by atoms with Crippen LogP contribution in [-0.4, -0.2) is 32.8 Å². The summed E-state index contributed by atoms with van der Waals surface area (Å²) in [4.78, 5) is 12.6. The number of benzene rings is 1. The number of carbonyl (C=O) groups excluding carboxylic acids is 1. The third-order valence-electron chi connectivity index (χ3n) is 4.34. The van der Waals surface area contributed by atoms with E-state index in [9.17, 15) is 4.79 Å². The highest BCUT2D eigenvalue weighted by molar-refractivity contribution is 5.91. The minimum absolute atomic E-state index is 0.0762. The van der Waals surface area contributed by atoms with Crippen molar-refractivity contribution < 1.29 is 14.3 Å². The molecule has 1 atom stereocenters. The fraction of sp³-hybridized carbons (Fsp3) is 0.588. The number of aryl methyl sites for hydroxylation is 1. The molecule has 21 heavy (non-hydrogen) atoms. The fourth-order valence-corrected chi connectivity index (χ4v) is 2.68. The van der Waals surface area contributed by atoms with E-state index in [1.54, 1.807) is 14.2 Å². The van der Waals surface area contributed by atoms with E-state index in [0.717, 1.165) is 36.1 Å². The van der Waals surface area contributed by atoms with E-state index in [4.69, 9.17) is 9.47 Å². The summed E-state index contributed by atoms with van der Waals surface area (Å²) in [5.41, 5.74) is 1.76. The zero-order valence-electron chi connectivity index (χ0n) is 13.4. The molecule has 1 fully saturated rings. The van der Waals surface area contributed by atoms with Crippen LogP contribution in [0, 0.1) is 6.92 Å². The van der Waals surface area contributed by atoms with Gasteiger partial charge in [0.05, 0.1) is 25.2 Å². The average Bonchev–Trinajstić information content (AvgIpc) is 3.29. The van der Waals surface area contributed by atoms with E-state index in [-0.39, 0.29) is 17.4 Å². The van der Waals surface area contributed by atoms with Crippen molar-refractivity contribution in [1.29, 1.82) is 0 Å². The van der Waals surface area contributed by atoms with Crippen molar-refractivity contribution >= 4 is 5.91 Å². The minimum Gasteiger partial charge on any atom is -0.496 e. The first kappa shape index (κ1) is 15.8. The van der Waals surface area contributed by atoms with Crippen molar-refractivity contribution in [2.24, 2.45) is 0 Å². The molecule has 1 N–H and O–H groups in total. The third-order valence-corrected chi connectivity index (χ3v) is 4.34. The van der Waals surface area contributed by atoms with Gasteiger partial charge >= 0.3 is 0 Å². The number of carbonyl (C=O) groups is 1. The summed E-state index contributed by atoms with van der Waals surface area (Å²) < 4.78 is 10.5. The van der Waals surface area contributed by atoms with Crippen LogP contribution in [0.1, 0.15) is 37.3 Å². The van der Waals surface area contributed by atoms with E-state index in [1.165, 1.54) is 0 Å². The Bertz CT molecular complexity index is 509. The molecule has 1 unspecified atom stereocenters. The first-order valence-electron chi connectivity index (χ1n) is 7.52. The SMILES string of the molecule is CCC(COC)NC(=O)C1(c2ccc(C)c(OC)c2)CC1. The Morgan fingerprint density at radius 2 is 2.10 bits per heavy atom. The number of rotatable bonds is 7. The summed E-state index contributed by atoms with van der Waals surface area (Å²) in [5.74, 6) is 0.952. The number of methoxy groups -OCH3 is 2. The Kier molecular flexibility index (Phi) is 4.88. The average molecular weight is 291 g/mol. The molecule has 4 heteroatoms. The number of hydrogen-bond acceptors (Lipinski definition) is 3. The van der Waals surface area contributed by atoms with Crippen molar-refractivity contribution in [3.05, 3.63) is 29.3 Å². The van der Waals surface area contributed by atoms with Gasteiger partial charge in [-0.2, -0.15) is 0 Å². The van der Waals surface area contributed by atoms with Crippen molar-refractivity contribution in [2.45, 2.75) is 44.6 Å². The molecular formula is C17H25NO3. The van der Waals surface area contributed by atoms with Gasteiger partial charge in [0.2, 0.25) is 5.91 Å². The molecule has 0 heterocycles. The Morgan fingerprint density at radius 3 is 2.62 bits per heavy atom. The molecule has 116 valence electrons. The highest BCUT2D eigenvalue weighted by Gasteiger charge is 2.51. The quantitative estimate of drug-likeness (QED) is 0.840. The number of hydrogen-bond donors (Lipinski definition) is 1. The van der Waals surface area contributed by atoms with E-state index in [2.05, 4.69) is 12.2 Å². The summed E-state index contributed by atoms with van der Waals surface area (Å²) in [6.45, 7) is 4.61. The van der Waals surface area contributed by atoms with Gasteiger partial charge in [0.15, 0.2) is 0 Å². The van der Waals surface area contributed by atoms with E-state index in [0.29, 0.717) is 6.61 Å². The van der Waals surface area contributed by atoms with Gasteiger partial charge in [-0.1, -0.05) is 19.1 Å². The van der Waals surface area contributed by atoms with Gasteiger partial charge in [0.1, 0.15) is 5.75 Å². The van der Waals surface area contributed by atoms with Crippen LogP contribution in [0.2, 0.25) is 0 Å². The highest BCUT2D eigenvalue weighted by Crippen LogP contribution is 2.49. The number of ether oxygens (including phenoxy) is 2. The van der Waals surface area contributed by atoms with Crippen LogP contribution in [0.4, 0.5) is 0 Å². The summed E-state index contributed by atoms with van der Waals surface area (Å²) in [7, 11) is 3.32.